The van der Waals surface area contributed by atoms with Crippen molar-refractivity contribution in [3.8, 4) is 0 Å². The summed E-state index contributed by atoms with van der Waals surface area (Å²) in [5, 5.41) is 1.40. The fourth-order valence-corrected chi connectivity index (χ4v) is 3.54. The van der Waals surface area contributed by atoms with Gasteiger partial charge in [0.25, 0.3) is 15.7 Å². The lowest BCUT2D eigenvalue weighted by Gasteiger charge is -2.32. The van der Waals surface area contributed by atoms with Crippen molar-refractivity contribution in [1.29, 1.82) is 0 Å². The van der Waals surface area contributed by atoms with Crippen molar-refractivity contribution in [3.63, 3.8) is 0 Å². The molecule has 7 nitrogen and oxygen atoms in total. The van der Waals surface area contributed by atoms with Crippen LogP contribution in [0.3, 0.4) is 0 Å². The Hall–Kier alpha value is -2.17. The summed E-state index contributed by atoms with van der Waals surface area (Å²) in [6.45, 7) is 2.36. The van der Waals surface area contributed by atoms with E-state index in [0.717, 1.165) is 12.3 Å². The monoisotopic (exact) mass is 393 g/mol. The number of aromatic nitrogens is 1. The number of carbonyl (C=O) groups is 2. The lowest BCUT2D eigenvalue weighted by Crippen LogP contribution is -2.42. The third-order valence-corrected chi connectivity index (χ3v) is 5.55. The Bertz CT molecular complexity index is 788. The van der Waals surface area contributed by atoms with E-state index in [2.05, 4.69) is 10.3 Å². The van der Waals surface area contributed by atoms with Crippen molar-refractivity contribution in [2.75, 3.05) is 19.6 Å². The van der Waals surface area contributed by atoms with Crippen LogP contribution in [0.5, 0.6) is 0 Å². The molecule has 144 valence electrons. The van der Waals surface area contributed by atoms with Crippen LogP contribution < -0.4 is 5.32 Å². The van der Waals surface area contributed by atoms with Gasteiger partial charge < -0.3 is 10.2 Å². The summed E-state index contributed by atoms with van der Waals surface area (Å²) in [7, 11) is -5.73. The molecule has 1 aliphatic rings. The Morgan fingerprint density at radius 3 is 2.46 bits per heavy atom. The van der Waals surface area contributed by atoms with Crippen LogP contribution in [-0.4, -0.2) is 55.3 Å². The Labute approximate surface area is 148 Å². The topological polar surface area (TPSA) is 96.4 Å². The number of halogens is 3. The summed E-state index contributed by atoms with van der Waals surface area (Å²) < 4.78 is 61.8. The molecule has 1 aromatic rings. The van der Waals surface area contributed by atoms with E-state index in [-0.39, 0.29) is 24.9 Å². The Balaban J connectivity index is 2.16. The van der Waals surface area contributed by atoms with Crippen molar-refractivity contribution in [2.45, 2.75) is 30.3 Å². The predicted octanol–water partition coefficient (Wildman–Crippen LogP) is 1.36. The molecule has 1 fully saturated rings. The Kier molecular flexibility index (Phi) is 5.89. The van der Waals surface area contributed by atoms with Gasteiger partial charge in [-0.15, -0.1) is 0 Å². The average molecular weight is 393 g/mol. The first-order valence-electron chi connectivity index (χ1n) is 7.84. The molecule has 2 rings (SSSR count). The second-order valence-electron chi connectivity index (χ2n) is 5.98. The van der Waals surface area contributed by atoms with Crippen molar-refractivity contribution in [1.82, 2.24) is 15.2 Å². The highest BCUT2D eigenvalue weighted by Gasteiger charge is 2.49. The molecule has 1 saturated heterocycles. The predicted molar refractivity (Wildman–Crippen MR) is 84.8 cm³/mol. The van der Waals surface area contributed by atoms with Gasteiger partial charge in [0.15, 0.2) is 5.03 Å². The maximum atomic E-state index is 12.8. The minimum atomic E-state index is -5.73. The molecule has 11 heteroatoms. The van der Waals surface area contributed by atoms with Gasteiger partial charge in [0.05, 0.1) is 5.56 Å². The summed E-state index contributed by atoms with van der Waals surface area (Å²) in [5.41, 5.74) is -6.13. The van der Waals surface area contributed by atoms with Crippen LogP contribution in [0.25, 0.3) is 0 Å². The number of rotatable bonds is 4. The normalized spacial score (nSPS) is 16.4. The molecule has 1 N–H and O–H groups in total. The van der Waals surface area contributed by atoms with E-state index in [9.17, 15) is 31.2 Å². The molecule has 0 spiro atoms. The molecule has 2 heterocycles. The summed E-state index contributed by atoms with van der Waals surface area (Å²) in [6, 6.07) is 2.24. The summed E-state index contributed by atoms with van der Waals surface area (Å²) in [4.78, 5) is 28.1. The zero-order chi connectivity index (χ0) is 19.5. The minimum Gasteiger partial charge on any atom is -0.356 e. The molecule has 1 aliphatic heterocycles. The molecule has 0 atom stereocenters. The molecule has 26 heavy (non-hydrogen) atoms. The smallest absolute Gasteiger partial charge is 0.356 e. The van der Waals surface area contributed by atoms with Crippen molar-refractivity contribution >= 4 is 21.7 Å². The van der Waals surface area contributed by atoms with Crippen LogP contribution in [0.4, 0.5) is 13.2 Å². The van der Waals surface area contributed by atoms with E-state index in [1.54, 1.807) is 0 Å². The molecular formula is C15H18F3N3O4S. The standard InChI is InChI=1S/C15H18F3N3O4S/c1-10(22)20-9-11-4-7-21(8-5-11)14(23)12-3-2-6-19-13(12)26(24,25)15(16,17)18/h2-3,6,11H,4-5,7-9H2,1H3,(H,20,22). The Morgan fingerprint density at radius 2 is 1.92 bits per heavy atom. The zero-order valence-electron chi connectivity index (χ0n) is 13.9. The molecular weight excluding hydrogens is 375 g/mol. The van der Waals surface area contributed by atoms with Crippen LogP contribution in [-0.2, 0) is 14.6 Å². The number of piperidine rings is 1. The highest BCUT2D eigenvalue weighted by atomic mass is 32.2. The van der Waals surface area contributed by atoms with E-state index in [1.165, 1.54) is 17.9 Å². The van der Waals surface area contributed by atoms with Gasteiger partial charge in [-0.3, -0.25) is 9.59 Å². The molecule has 2 amide bonds. The summed E-state index contributed by atoms with van der Waals surface area (Å²) in [5.74, 6) is -0.824. The van der Waals surface area contributed by atoms with Gasteiger partial charge in [-0.1, -0.05) is 0 Å². The van der Waals surface area contributed by atoms with Crippen LogP contribution in [0.2, 0.25) is 0 Å². The maximum Gasteiger partial charge on any atom is 0.503 e. The van der Waals surface area contributed by atoms with Crippen molar-refractivity contribution < 1.29 is 31.2 Å². The zero-order valence-corrected chi connectivity index (χ0v) is 14.7. The first kappa shape index (κ1) is 20.1. The van der Waals surface area contributed by atoms with Crippen molar-refractivity contribution in [3.05, 3.63) is 23.9 Å². The van der Waals surface area contributed by atoms with E-state index in [1.807, 2.05) is 0 Å². The number of sulfone groups is 1. The number of hydrogen-bond donors (Lipinski definition) is 1. The van der Waals surface area contributed by atoms with Crippen LogP contribution in [0.15, 0.2) is 23.4 Å². The van der Waals surface area contributed by atoms with Gasteiger partial charge in [-0.25, -0.2) is 13.4 Å². The number of amides is 2. The van der Waals surface area contributed by atoms with Crippen LogP contribution in [0.1, 0.15) is 30.1 Å². The third-order valence-electron chi connectivity index (χ3n) is 4.10. The fourth-order valence-electron chi connectivity index (χ4n) is 2.68. The molecule has 0 aliphatic carbocycles. The molecule has 0 radical (unpaired) electrons. The van der Waals surface area contributed by atoms with E-state index < -0.39 is 31.8 Å². The molecule has 0 unspecified atom stereocenters. The minimum absolute atomic E-state index is 0.148. The third kappa shape index (κ3) is 4.32. The summed E-state index contributed by atoms with van der Waals surface area (Å²) >= 11 is 0. The number of carbonyl (C=O) groups excluding carboxylic acids is 2. The molecule has 0 saturated carbocycles. The number of alkyl halides is 3. The number of hydrogen-bond acceptors (Lipinski definition) is 5. The first-order chi connectivity index (χ1) is 12.0. The van der Waals surface area contributed by atoms with Gasteiger partial charge in [-0.2, -0.15) is 13.2 Å². The van der Waals surface area contributed by atoms with Crippen LogP contribution >= 0.6 is 0 Å². The largest absolute Gasteiger partial charge is 0.503 e. The first-order valence-corrected chi connectivity index (χ1v) is 9.32. The molecule has 1 aromatic heterocycles. The number of nitrogens with one attached hydrogen (secondary N) is 1. The lowest BCUT2D eigenvalue weighted by molar-refractivity contribution is -0.119. The fraction of sp³-hybridized carbons (Fsp3) is 0.533. The van der Waals surface area contributed by atoms with Crippen LogP contribution in [0, 0.1) is 5.92 Å². The maximum absolute atomic E-state index is 12.8. The van der Waals surface area contributed by atoms with Gasteiger partial charge in [0, 0.05) is 32.8 Å². The van der Waals surface area contributed by atoms with Gasteiger partial charge in [0.2, 0.25) is 5.91 Å². The van der Waals surface area contributed by atoms with E-state index in [0.29, 0.717) is 19.4 Å². The molecule has 0 aromatic carbocycles. The second kappa shape index (κ2) is 7.60. The SMILES string of the molecule is CC(=O)NCC1CCN(C(=O)c2cccnc2S(=O)(=O)C(F)(F)F)CC1. The van der Waals surface area contributed by atoms with Gasteiger partial charge in [0.1, 0.15) is 0 Å². The van der Waals surface area contributed by atoms with Gasteiger partial charge in [-0.05, 0) is 30.9 Å². The van der Waals surface area contributed by atoms with Gasteiger partial charge >= 0.3 is 5.51 Å². The highest BCUT2D eigenvalue weighted by molar-refractivity contribution is 7.92. The van der Waals surface area contributed by atoms with E-state index in [4.69, 9.17) is 0 Å². The Morgan fingerprint density at radius 1 is 1.31 bits per heavy atom. The summed E-state index contributed by atoms with van der Waals surface area (Å²) in [6.07, 6.45) is 2.00. The average Bonchev–Trinajstić information content (AvgIpc) is 2.58. The number of nitrogens with zero attached hydrogens (tertiary/aromatic N) is 2. The lowest BCUT2D eigenvalue weighted by atomic mass is 9.96. The van der Waals surface area contributed by atoms with Crippen molar-refractivity contribution in [2.24, 2.45) is 5.92 Å². The number of pyridine rings is 1. The second-order valence-corrected chi connectivity index (χ2v) is 7.83. The highest BCUT2D eigenvalue weighted by Crippen LogP contribution is 2.31. The quantitative estimate of drug-likeness (QED) is 0.833. The van der Waals surface area contributed by atoms with E-state index >= 15 is 0 Å². The molecule has 0 bridgehead atoms. The number of likely N-dealkylation sites (tertiary alicyclic amines) is 1.